The minimum atomic E-state index is -0.773. The van der Waals surface area contributed by atoms with Crippen molar-refractivity contribution in [3.8, 4) is 0 Å². The Balaban J connectivity index is 2.04. The fourth-order valence-corrected chi connectivity index (χ4v) is 2.27. The van der Waals surface area contributed by atoms with Gasteiger partial charge in [0.2, 0.25) is 0 Å². The van der Waals surface area contributed by atoms with Gasteiger partial charge < -0.3 is 0 Å². The maximum absolute atomic E-state index is 13.4. The molecule has 2 rings (SSSR count). The molecule has 0 unspecified atom stereocenters. The van der Waals surface area contributed by atoms with E-state index in [0.717, 1.165) is 38.1 Å². The number of likely N-dealkylation sites (tertiary alicyclic amines) is 1. The molecule has 0 radical (unpaired) electrons. The van der Waals surface area contributed by atoms with Crippen LogP contribution in [0.25, 0.3) is 0 Å². The minimum absolute atomic E-state index is 0.102. The summed E-state index contributed by atoms with van der Waals surface area (Å²) in [6, 6.07) is 3.51. The minimum Gasteiger partial charge on any atom is -0.296 e. The predicted molar refractivity (Wildman–Crippen MR) is 65.5 cm³/mol. The molecule has 4 heteroatoms. The number of nitrogens with zero attached hydrogens (tertiary/aromatic N) is 1. The van der Waals surface area contributed by atoms with Crippen LogP contribution in [0.15, 0.2) is 18.2 Å². The monoisotopic (exact) mass is 253 g/mol. The lowest BCUT2D eigenvalue weighted by Crippen LogP contribution is -2.37. The maximum Gasteiger partial charge on any atom is 0.182 e. The molecule has 0 aromatic heterocycles. The Morgan fingerprint density at radius 3 is 2.39 bits per heavy atom. The molecule has 0 saturated carbocycles. The molecule has 1 aliphatic heterocycles. The van der Waals surface area contributed by atoms with Crippen LogP contribution < -0.4 is 0 Å². The van der Waals surface area contributed by atoms with E-state index < -0.39 is 23.0 Å². The average molecular weight is 253 g/mol. The number of benzene rings is 1. The first-order valence-corrected chi connectivity index (χ1v) is 6.27. The first-order valence-electron chi connectivity index (χ1n) is 6.27. The van der Waals surface area contributed by atoms with E-state index in [1.54, 1.807) is 0 Å². The van der Waals surface area contributed by atoms with E-state index in [0.29, 0.717) is 5.92 Å². The van der Waals surface area contributed by atoms with Crippen molar-refractivity contribution in [2.75, 3.05) is 19.6 Å². The maximum atomic E-state index is 13.4. The van der Waals surface area contributed by atoms with Crippen LogP contribution in [0.1, 0.15) is 30.1 Å². The molecular weight excluding hydrogens is 236 g/mol. The second-order valence-corrected chi connectivity index (χ2v) is 4.98. The molecule has 0 amide bonds. The third kappa shape index (κ3) is 2.93. The van der Waals surface area contributed by atoms with Crippen LogP contribution in [0.4, 0.5) is 8.78 Å². The van der Waals surface area contributed by atoms with Crippen molar-refractivity contribution in [1.29, 1.82) is 0 Å². The third-order valence-corrected chi connectivity index (χ3v) is 3.49. The molecule has 1 fully saturated rings. The van der Waals surface area contributed by atoms with Crippen molar-refractivity contribution in [3.63, 3.8) is 0 Å². The molecular formula is C14H17F2NO. The lowest BCUT2D eigenvalue weighted by molar-refractivity contribution is 0.0891. The summed E-state index contributed by atoms with van der Waals surface area (Å²) in [4.78, 5) is 13.9. The van der Waals surface area contributed by atoms with Gasteiger partial charge in [0.1, 0.15) is 11.6 Å². The number of carbonyl (C=O) groups excluding carboxylic acids is 1. The molecule has 0 aliphatic carbocycles. The molecule has 98 valence electrons. The Morgan fingerprint density at radius 2 is 1.83 bits per heavy atom. The highest BCUT2D eigenvalue weighted by atomic mass is 19.1. The van der Waals surface area contributed by atoms with E-state index in [2.05, 4.69) is 6.92 Å². The third-order valence-electron chi connectivity index (χ3n) is 3.49. The van der Waals surface area contributed by atoms with Crippen LogP contribution in [-0.4, -0.2) is 30.3 Å². The fourth-order valence-electron chi connectivity index (χ4n) is 2.27. The highest BCUT2D eigenvalue weighted by molar-refractivity contribution is 5.98. The van der Waals surface area contributed by atoms with Crippen LogP contribution >= 0.6 is 0 Å². The second-order valence-electron chi connectivity index (χ2n) is 4.98. The van der Waals surface area contributed by atoms with Gasteiger partial charge in [-0.25, -0.2) is 8.78 Å². The van der Waals surface area contributed by atoms with Crippen molar-refractivity contribution in [2.24, 2.45) is 5.92 Å². The zero-order chi connectivity index (χ0) is 13.1. The molecule has 1 aliphatic rings. The lowest BCUT2D eigenvalue weighted by Gasteiger charge is -2.29. The van der Waals surface area contributed by atoms with E-state index in [-0.39, 0.29) is 6.54 Å². The van der Waals surface area contributed by atoms with Crippen LogP contribution in [-0.2, 0) is 0 Å². The van der Waals surface area contributed by atoms with E-state index >= 15 is 0 Å². The van der Waals surface area contributed by atoms with Gasteiger partial charge in [-0.05, 0) is 44.0 Å². The number of hydrogen-bond donors (Lipinski definition) is 0. The van der Waals surface area contributed by atoms with Crippen LogP contribution in [0.5, 0.6) is 0 Å². The van der Waals surface area contributed by atoms with Gasteiger partial charge in [-0.1, -0.05) is 13.0 Å². The standard InChI is InChI=1S/C14H17F2NO/c1-10-5-7-17(8-6-10)9-13(18)14-11(15)3-2-4-12(14)16/h2-4,10H,5-9H2,1H3. The zero-order valence-corrected chi connectivity index (χ0v) is 10.5. The Labute approximate surface area is 106 Å². The quantitative estimate of drug-likeness (QED) is 0.772. The number of hydrogen-bond acceptors (Lipinski definition) is 2. The summed E-state index contributed by atoms with van der Waals surface area (Å²) in [5.74, 6) is -1.35. The summed E-state index contributed by atoms with van der Waals surface area (Å²) < 4.78 is 26.9. The van der Waals surface area contributed by atoms with Gasteiger partial charge in [0, 0.05) is 0 Å². The van der Waals surface area contributed by atoms with Crippen molar-refractivity contribution in [2.45, 2.75) is 19.8 Å². The molecule has 2 nitrogen and oxygen atoms in total. The normalized spacial score (nSPS) is 17.9. The number of carbonyl (C=O) groups is 1. The van der Waals surface area contributed by atoms with Gasteiger partial charge in [-0.3, -0.25) is 9.69 Å². The van der Waals surface area contributed by atoms with Crippen LogP contribution in [0, 0.1) is 17.6 Å². The molecule has 0 bridgehead atoms. The Bertz CT molecular complexity index is 419. The summed E-state index contributed by atoms with van der Waals surface area (Å²) in [7, 11) is 0. The Morgan fingerprint density at radius 1 is 1.28 bits per heavy atom. The highest BCUT2D eigenvalue weighted by Gasteiger charge is 2.22. The fraction of sp³-hybridized carbons (Fsp3) is 0.500. The van der Waals surface area contributed by atoms with Crippen LogP contribution in [0.2, 0.25) is 0 Å². The Kier molecular flexibility index (Phi) is 4.07. The molecule has 1 heterocycles. The number of piperidine rings is 1. The van der Waals surface area contributed by atoms with E-state index in [4.69, 9.17) is 0 Å². The van der Waals surface area contributed by atoms with Crippen molar-refractivity contribution in [1.82, 2.24) is 4.90 Å². The number of halogens is 2. The average Bonchev–Trinajstić information content (AvgIpc) is 2.32. The Hall–Kier alpha value is -1.29. The van der Waals surface area contributed by atoms with Crippen molar-refractivity contribution in [3.05, 3.63) is 35.4 Å². The van der Waals surface area contributed by atoms with Gasteiger partial charge in [-0.15, -0.1) is 0 Å². The largest absolute Gasteiger partial charge is 0.296 e. The summed E-state index contributed by atoms with van der Waals surface area (Å²) in [6.07, 6.45) is 2.07. The molecule has 0 N–H and O–H groups in total. The second kappa shape index (κ2) is 5.57. The molecule has 18 heavy (non-hydrogen) atoms. The molecule has 1 aromatic carbocycles. The van der Waals surface area contributed by atoms with Gasteiger partial charge >= 0.3 is 0 Å². The topological polar surface area (TPSA) is 20.3 Å². The lowest BCUT2D eigenvalue weighted by atomic mass is 9.98. The first kappa shape index (κ1) is 13.1. The van der Waals surface area contributed by atoms with Gasteiger partial charge in [-0.2, -0.15) is 0 Å². The van der Waals surface area contributed by atoms with Gasteiger partial charge in [0.05, 0.1) is 12.1 Å². The van der Waals surface area contributed by atoms with Gasteiger partial charge in [0.25, 0.3) is 0 Å². The predicted octanol–water partition coefficient (Wildman–Crippen LogP) is 2.88. The molecule has 0 atom stereocenters. The SMILES string of the molecule is CC1CCN(CC(=O)c2c(F)cccc2F)CC1. The van der Waals surface area contributed by atoms with Crippen molar-refractivity contribution < 1.29 is 13.6 Å². The van der Waals surface area contributed by atoms with Gasteiger partial charge in [0.15, 0.2) is 5.78 Å². The molecule has 1 saturated heterocycles. The summed E-state index contributed by atoms with van der Waals surface area (Å²) in [5.41, 5.74) is -0.406. The summed E-state index contributed by atoms with van der Waals surface area (Å²) in [5, 5.41) is 0. The number of Topliss-reactive ketones (excluding diaryl/α,β-unsaturated/α-hetero) is 1. The highest BCUT2D eigenvalue weighted by Crippen LogP contribution is 2.18. The number of ketones is 1. The molecule has 0 spiro atoms. The smallest absolute Gasteiger partial charge is 0.182 e. The van der Waals surface area contributed by atoms with E-state index in [1.165, 1.54) is 6.07 Å². The summed E-state index contributed by atoms with van der Waals surface area (Å²) in [6.45, 7) is 3.92. The first-order chi connectivity index (χ1) is 8.58. The zero-order valence-electron chi connectivity index (χ0n) is 10.5. The summed E-state index contributed by atoms with van der Waals surface area (Å²) >= 11 is 0. The van der Waals surface area contributed by atoms with E-state index in [1.807, 2.05) is 4.90 Å². The van der Waals surface area contributed by atoms with E-state index in [9.17, 15) is 13.6 Å². The van der Waals surface area contributed by atoms with Crippen LogP contribution in [0.3, 0.4) is 0 Å². The van der Waals surface area contributed by atoms with Crippen molar-refractivity contribution >= 4 is 5.78 Å². The number of rotatable bonds is 3. The molecule has 1 aromatic rings.